The van der Waals surface area contributed by atoms with Crippen LogP contribution in [0.15, 0.2) is 0 Å². The number of hydrogen-bond donors (Lipinski definition) is 1. The molecule has 1 N–H and O–H groups in total. The van der Waals surface area contributed by atoms with Gasteiger partial charge in [-0.2, -0.15) is 0 Å². The Morgan fingerprint density at radius 1 is 1.53 bits per heavy atom. The summed E-state index contributed by atoms with van der Waals surface area (Å²) in [5.74, 6) is -0.401. The minimum absolute atomic E-state index is 0. The Bertz CT molecular complexity index is 255. The second-order valence-electron chi connectivity index (χ2n) is 3.69. The van der Waals surface area contributed by atoms with Crippen molar-refractivity contribution in [3.63, 3.8) is 0 Å². The van der Waals surface area contributed by atoms with E-state index in [2.05, 4.69) is 5.32 Å². The third-order valence-corrected chi connectivity index (χ3v) is 2.33. The van der Waals surface area contributed by atoms with Crippen LogP contribution in [0.1, 0.15) is 6.92 Å². The van der Waals surface area contributed by atoms with Gasteiger partial charge in [-0.1, -0.05) is 0 Å². The van der Waals surface area contributed by atoms with E-state index in [-0.39, 0.29) is 71.1 Å². The summed E-state index contributed by atoms with van der Waals surface area (Å²) >= 11 is 0. The Labute approximate surface area is 141 Å². The van der Waals surface area contributed by atoms with Gasteiger partial charge in [-0.15, -0.1) is 0 Å². The molecule has 1 aliphatic rings. The summed E-state index contributed by atoms with van der Waals surface area (Å²) in [5.41, 5.74) is 0. The Hall–Kier alpha value is 0.881. The van der Waals surface area contributed by atoms with Crippen LogP contribution in [0.25, 0.3) is 0 Å². The molecule has 1 saturated heterocycles. The van der Waals surface area contributed by atoms with Crippen molar-refractivity contribution in [3.05, 3.63) is 0 Å². The molecule has 1 heterocycles. The first-order chi connectivity index (χ1) is 7.44. The van der Waals surface area contributed by atoms with Gasteiger partial charge in [0.2, 0.25) is 5.91 Å². The summed E-state index contributed by atoms with van der Waals surface area (Å²) in [6, 6.07) is -0.822. The predicted molar refractivity (Wildman–Crippen MR) is 53.9 cm³/mol. The van der Waals surface area contributed by atoms with E-state index in [1.807, 2.05) is 0 Å². The predicted octanol–water partition coefficient (Wildman–Crippen LogP) is -2.79. The first-order valence-corrected chi connectivity index (χ1v) is 5.24. The summed E-state index contributed by atoms with van der Waals surface area (Å²) in [5, 5.41) is 2.51. The van der Waals surface area contributed by atoms with Crippen molar-refractivity contribution in [1.29, 1.82) is 0 Å². The molecule has 0 saturated carbocycles. The van der Waals surface area contributed by atoms with Gasteiger partial charge in [0.25, 0.3) is 0 Å². The van der Waals surface area contributed by atoms with Gasteiger partial charge >= 0.3 is 58.4 Å². The van der Waals surface area contributed by atoms with Gasteiger partial charge in [0.1, 0.15) is 6.04 Å². The monoisotopic (exact) mass is 278 g/mol. The number of morpholine rings is 1. The second-order valence-corrected chi connectivity index (χ2v) is 3.69. The molecule has 17 heavy (non-hydrogen) atoms. The second kappa shape index (κ2) is 8.13. The van der Waals surface area contributed by atoms with Gasteiger partial charge in [0.15, 0.2) is 0 Å². The van der Waals surface area contributed by atoms with Crippen molar-refractivity contribution < 1.29 is 73.9 Å². The molecule has 0 bridgehead atoms. The van der Waals surface area contributed by atoms with E-state index in [0.717, 1.165) is 4.90 Å². The zero-order valence-corrected chi connectivity index (χ0v) is 13.2. The van der Waals surface area contributed by atoms with Crippen LogP contribution < -0.4 is 56.7 Å². The van der Waals surface area contributed by atoms with Crippen LogP contribution >= 0.6 is 0 Å². The standard InChI is InChI=1S/C8H15BF3N2O2.K/c1-2-13-8(15)7-5-16-4-3-14(7)6-9(10,11)12;/h7H,2-6H2,1H3,(H,13,15);/q-1;+1. The van der Waals surface area contributed by atoms with Crippen LogP contribution in [-0.2, 0) is 9.53 Å². The number of likely N-dealkylation sites (N-methyl/N-ethyl adjacent to an activating group) is 1. The number of nitrogens with zero attached hydrogens (tertiary/aromatic N) is 1. The fourth-order valence-electron chi connectivity index (χ4n) is 1.66. The first kappa shape index (κ1) is 17.9. The minimum atomic E-state index is -4.91. The largest absolute Gasteiger partial charge is 1.00 e. The van der Waals surface area contributed by atoms with Crippen molar-refractivity contribution in [2.45, 2.75) is 13.0 Å². The topological polar surface area (TPSA) is 41.6 Å². The maximum atomic E-state index is 12.3. The van der Waals surface area contributed by atoms with Gasteiger partial charge in [-0.3, -0.25) is 4.79 Å². The molecule has 0 aromatic carbocycles. The number of nitrogens with one attached hydrogen (secondary N) is 1. The van der Waals surface area contributed by atoms with E-state index in [9.17, 15) is 17.7 Å². The fourth-order valence-corrected chi connectivity index (χ4v) is 1.66. The summed E-state index contributed by atoms with van der Waals surface area (Å²) in [4.78, 5) is 12.6. The molecule has 1 atom stereocenters. The number of carbonyl (C=O) groups excluding carboxylic acids is 1. The van der Waals surface area contributed by atoms with Crippen molar-refractivity contribution >= 4 is 12.9 Å². The molecule has 0 aromatic rings. The first-order valence-electron chi connectivity index (χ1n) is 5.24. The van der Waals surface area contributed by atoms with Crippen molar-refractivity contribution in [1.82, 2.24) is 10.2 Å². The van der Waals surface area contributed by atoms with Crippen molar-refractivity contribution in [2.75, 3.05) is 32.7 Å². The molecule has 1 fully saturated rings. The van der Waals surface area contributed by atoms with Gasteiger partial charge < -0.3 is 27.9 Å². The number of amides is 1. The molecule has 1 aliphatic heterocycles. The maximum absolute atomic E-state index is 12.3. The maximum Gasteiger partial charge on any atom is 1.00 e. The minimum Gasteiger partial charge on any atom is -0.448 e. The Morgan fingerprint density at radius 2 is 2.18 bits per heavy atom. The number of halogens is 3. The zero-order valence-electron chi connectivity index (χ0n) is 10.1. The van der Waals surface area contributed by atoms with Crippen LogP contribution in [0.4, 0.5) is 12.9 Å². The zero-order chi connectivity index (χ0) is 12.2. The molecule has 1 amide bonds. The molecule has 0 spiro atoms. The van der Waals surface area contributed by atoms with E-state index in [4.69, 9.17) is 4.74 Å². The SMILES string of the molecule is CCNC(=O)C1COCCN1C[B-](F)(F)F.[K+]. The molecule has 1 unspecified atom stereocenters. The van der Waals surface area contributed by atoms with E-state index >= 15 is 0 Å². The summed E-state index contributed by atoms with van der Waals surface area (Å²) < 4.78 is 42.0. The molecule has 4 nitrogen and oxygen atoms in total. The van der Waals surface area contributed by atoms with E-state index in [1.165, 1.54) is 0 Å². The van der Waals surface area contributed by atoms with Crippen molar-refractivity contribution in [3.8, 4) is 0 Å². The molecule has 0 aliphatic carbocycles. The van der Waals surface area contributed by atoms with Crippen molar-refractivity contribution in [2.24, 2.45) is 0 Å². The molecule has 94 valence electrons. The smallest absolute Gasteiger partial charge is 0.448 e. The third kappa shape index (κ3) is 6.55. The van der Waals surface area contributed by atoms with Gasteiger partial charge in [0.05, 0.1) is 13.2 Å². The average Bonchev–Trinajstić information content (AvgIpc) is 2.16. The van der Waals surface area contributed by atoms with Gasteiger partial charge in [0, 0.05) is 13.1 Å². The quantitative estimate of drug-likeness (QED) is 0.565. The Balaban J connectivity index is 0.00000256. The number of rotatable bonds is 4. The summed E-state index contributed by atoms with van der Waals surface area (Å²) in [7, 11) is 0. The van der Waals surface area contributed by atoms with E-state index in [1.54, 1.807) is 6.92 Å². The van der Waals surface area contributed by atoms with Gasteiger partial charge in [-0.05, 0) is 13.4 Å². The van der Waals surface area contributed by atoms with Crippen LogP contribution in [0.5, 0.6) is 0 Å². The molecule has 0 aromatic heterocycles. The van der Waals surface area contributed by atoms with Gasteiger partial charge in [-0.25, -0.2) is 0 Å². The number of carbonyl (C=O) groups is 1. The summed E-state index contributed by atoms with van der Waals surface area (Å²) in [6.45, 7) is -2.38. The molecular formula is C8H15BF3KN2O2. The molecule has 1 rings (SSSR count). The Kier molecular flexibility index (Phi) is 8.55. The van der Waals surface area contributed by atoms with Crippen LogP contribution in [0.3, 0.4) is 0 Å². The third-order valence-electron chi connectivity index (χ3n) is 2.33. The van der Waals surface area contributed by atoms with Crippen LogP contribution in [0.2, 0.25) is 0 Å². The molecule has 0 radical (unpaired) electrons. The normalized spacial score (nSPS) is 21.8. The molecular weight excluding hydrogens is 263 g/mol. The number of hydrogen-bond acceptors (Lipinski definition) is 3. The van der Waals surface area contributed by atoms with Crippen LogP contribution in [0, 0.1) is 0 Å². The Morgan fingerprint density at radius 3 is 2.71 bits per heavy atom. The average molecular weight is 278 g/mol. The van der Waals surface area contributed by atoms with E-state index in [0.29, 0.717) is 6.54 Å². The molecule has 9 heteroatoms. The fraction of sp³-hybridized carbons (Fsp3) is 0.875. The van der Waals surface area contributed by atoms with E-state index < -0.39 is 25.4 Å². The number of ether oxygens (including phenoxy) is 1. The summed E-state index contributed by atoms with van der Waals surface area (Å²) in [6.07, 6.45) is -1.01. The van der Waals surface area contributed by atoms with Crippen LogP contribution in [-0.4, -0.2) is 56.6 Å².